The zero-order chi connectivity index (χ0) is 14.5. The molecule has 0 bridgehead atoms. The van der Waals surface area contributed by atoms with Crippen molar-refractivity contribution in [2.75, 3.05) is 0 Å². The average molecular weight is 284 g/mol. The third kappa shape index (κ3) is 5.40. The van der Waals surface area contributed by atoms with Crippen LogP contribution < -0.4 is 0 Å². The molecule has 1 aromatic rings. The van der Waals surface area contributed by atoms with Gasteiger partial charge in [0, 0.05) is 6.42 Å². The van der Waals surface area contributed by atoms with Crippen molar-refractivity contribution in [1.29, 1.82) is 0 Å². The Kier molecular flexibility index (Phi) is 4.90. The van der Waals surface area contributed by atoms with Crippen molar-refractivity contribution in [2.24, 2.45) is 9.63 Å². The van der Waals surface area contributed by atoms with Gasteiger partial charge in [-0.2, -0.15) is 8.42 Å². The standard InChI is InChI=1S/C11H12N2O5S/c1-8(11(14)15)10(12-13-19(16,17)18)7-9-5-3-2-4-6-9/h2-6H,7H2,1H3,(H,14,15)(H,16,17,18). The number of hydrogen-bond acceptors (Lipinski definition) is 4. The molecular weight excluding hydrogens is 272 g/mol. The molecule has 0 spiro atoms. The Morgan fingerprint density at radius 1 is 1.26 bits per heavy atom. The summed E-state index contributed by atoms with van der Waals surface area (Å²) in [4.78, 5) is 10.9. The molecule has 0 unspecified atom stereocenters. The molecule has 1 aromatic carbocycles. The van der Waals surface area contributed by atoms with E-state index in [9.17, 15) is 13.2 Å². The Morgan fingerprint density at radius 3 is 2.32 bits per heavy atom. The second-order valence-electron chi connectivity index (χ2n) is 3.67. The van der Waals surface area contributed by atoms with Crippen LogP contribution in [0.2, 0.25) is 0 Å². The number of benzene rings is 1. The molecule has 0 radical (unpaired) electrons. The van der Waals surface area contributed by atoms with Crippen molar-refractivity contribution in [2.45, 2.75) is 13.3 Å². The zero-order valence-corrected chi connectivity index (χ0v) is 10.8. The van der Waals surface area contributed by atoms with Crippen LogP contribution >= 0.6 is 0 Å². The minimum Gasteiger partial charge on any atom is -0.478 e. The number of hydrogen-bond donors (Lipinski definition) is 2. The summed E-state index contributed by atoms with van der Waals surface area (Å²) in [7, 11) is -4.64. The highest BCUT2D eigenvalue weighted by Crippen LogP contribution is 2.15. The van der Waals surface area contributed by atoms with E-state index >= 15 is 0 Å². The van der Waals surface area contributed by atoms with Crippen LogP contribution in [-0.2, 0) is 21.5 Å². The van der Waals surface area contributed by atoms with E-state index < -0.39 is 16.3 Å². The molecule has 0 aliphatic carbocycles. The largest absolute Gasteiger partial charge is 0.478 e. The summed E-state index contributed by atoms with van der Waals surface area (Å²) in [5.74, 6) is -1.24. The lowest BCUT2D eigenvalue weighted by atomic mass is 10.1. The Bertz CT molecular complexity index is 620. The summed E-state index contributed by atoms with van der Waals surface area (Å²) in [6.07, 6.45) is 0.0952. The van der Waals surface area contributed by atoms with E-state index in [1.54, 1.807) is 30.3 Å². The molecule has 2 N–H and O–H groups in total. The summed E-state index contributed by atoms with van der Waals surface area (Å²) in [5, 5.41) is 12.2. The fourth-order valence-corrected chi connectivity index (χ4v) is 1.46. The first-order chi connectivity index (χ1) is 8.79. The van der Waals surface area contributed by atoms with Gasteiger partial charge in [0.1, 0.15) is 0 Å². The molecule has 0 aliphatic rings. The molecule has 8 heteroatoms. The van der Waals surface area contributed by atoms with Crippen LogP contribution in [0.3, 0.4) is 0 Å². The third-order valence-electron chi connectivity index (χ3n) is 2.23. The van der Waals surface area contributed by atoms with Gasteiger partial charge in [-0.25, -0.2) is 4.79 Å². The third-order valence-corrected chi connectivity index (χ3v) is 2.52. The number of rotatable bonds is 5. The second kappa shape index (κ2) is 6.21. The highest BCUT2D eigenvalue weighted by atomic mass is 32.2. The minimum atomic E-state index is -4.64. The Labute approximate surface area is 110 Å². The van der Waals surface area contributed by atoms with Gasteiger partial charge < -0.3 is 5.11 Å². The quantitative estimate of drug-likeness (QED) is 0.486. The zero-order valence-electron chi connectivity index (χ0n) is 10.0. The normalized spacial score (nSPS) is 13.4. The summed E-state index contributed by atoms with van der Waals surface area (Å²) < 4.78 is 32.2. The van der Waals surface area contributed by atoms with Gasteiger partial charge in [-0.05, 0) is 17.0 Å². The van der Waals surface area contributed by atoms with Crippen LogP contribution in [0.4, 0.5) is 0 Å². The van der Waals surface area contributed by atoms with Gasteiger partial charge in [0.05, 0.1) is 11.3 Å². The van der Waals surface area contributed by atoms with Crippen LogP contribution in [0.1, 0.15) is 12.5 Å². The predicted octanol–water partition coefficient (Wildman–Crippen LogP) is 1.84. The lowest BCUT2D eigenvalue weighted by Gasteiger charge is -2.03. The van der Waals surface area contributed by atoms with Crippen molar-refractivity contribution in [3.63, 3.8) is 0 Å². The Morgan fingerprint density at radius 2 is 1.84 bits per heavy atom. The molecule has 0 fully saturated rings. The van der Waals surface area contributed by atoms with Crippen LogP contribution in [0.5, 0.6) is 0 Å². The molecule has 0 aliphatic heterocycles. The number of carboxylic acids is 1. The monoisotopic (exact) mass is 284 g/mol. The summed E-state index contributed by atoms with van der Waals surface area (Å²) in [5.41, 5.74) is 0.556. The number of carboxylic acid groups (broad SMARTS) is 1. The van der Waals surface area contributed by atoms with Gasteiger partial charge in [0.2, 0.25) is 0 Å². The lowest BCUT2D eigenvalue weighted by Crippen LogP contribution is -2.03. The van der Waals surface area contributed by atoms with Gasteiger partial charge in [-0.15, -0.1) is 5.11 Å². The Hall–Kier alpha value is -2.06. The number of nitrogens with zero attached hydrogens (tertiary/aromatic N) is 2. The predicted molar refractivity (Wildman–Crippen MR) is 66.9 cm³/mol. The van der Waals surface area contributed by atoms with E-state index in [4.69, 9.17) is 9.66 Å². The van der Waals surface area contributed by atoms with Gasteiger partial charge in [0.25, 0.3) is 0 Å². The lowest BCUT2D eigenvalue weighted by molar-refractivity contribution is -0.132. The van der Waals surface area contributed by atoms with Gasteiger partial charge in [-0.1, -0.05) is 30.3 Å². The van der Waals surface area contributed by atoms with Crippen LogP contribution in [0.25, 0.3) is 0 Å². The highest BCUT2D eigenvalue weighted by molar-refractivity contribution is 7.84. The topological polar surface area (TPSA) is 116 Å². The van der Waals surface area contributed by atoms with Crippen molar-refractivity contribution < 1.29 is 22.9 Å². The van der Waals surface area contributed by atoms with E-state index in [1.165, 1.54) is 6.92 Å². The Balaban J connectivity index is 3.12. The van der Waals surface area contributed by atoms with Gasteiger partial charge in [0.15, 0.2) is 0 Å². The van der Waals surface area contributed by atoms with Crippen molar-refractivity contribution >= 4 is 16.3 Å². The molecule has 19 heavy (non-hydrogen) atoms. The first-order valence-electron chi connectivity index (χ1n) is 5.17. The molecule has 0 saturated carbocycles. The van der Waals surface area contributed by atoms with Crippen LogP contribution in [-0.4, -0.2) is 24.0 Å². The molecular formula is C11H12N2O5S. The first-order valence-corrected chi connectivity index (χ1v) is 6.56. The van der Waals surface area contributed by atoms with Crippen molar-refractivity contribution in [1.82, 2.24) is 0 Å². The smallest absolute Gasteiger partial charge is 0.396 e. The van der Waals surface area contributed by atoms with E-state index in [0.717, 1.165) is 5.56 Å². The average Bonchev–Trinajstić information content (AvgIpc) is 2.33. The van der Waals surface area contributed by atoms with Gasteiger partial charge >= 0.3 is 16.3 Å². The van der Waals surface area contributed by atoms with Crippen LogP contribution in [0, 0.1) is 0 Å². The van der Waals surface area contributed by atoms with Crippen molar-refractivity contribution in [3.05, 3.63) is 47.2 Å². The molecule has 0 heterocycles. The fraction of sp³-hybridized carbons (Fsp3) is 0.182. The van der Waals surface area contributed by atoms with E-state index in [-0.39, 0.29) is 17.7 Å². The van der Waals surface area contributed by atoms with Crippen molar-refractivity contribution in [3.8, 4) is 0 Å². The molecule has 0 aromatic heterocycles. The minimum absolute atomic E-state index is 0.0451. The van der Waals surface area contributed by atoms with E-state index in [1.807, 2.05) is 0 Å². The SMILES string of the molecule is CC(C(=O)O)=C(Cc1ccccc1)N=NS(=O)(=O)O. The molecule has 102 valence electrons. The fourth-order valence-electron chi connectivity index (χ4n) is 1.26. The molecule has 7 nitrogen and oxygen atoms in total. The molecule has 0 amide bonds. The molecule has 1 rings (SSSR count). The summed E-state index contributed by atoms with van der Waals surface area (Å²) in [6, 6.07) is 8.76. The maximum atomic E-state index is 10.9. The highest BCUT2D eigenvalue weighted by Gasteiger charge is 2.11. The summed E-state index contributed by atoms with van der Waals surface area (Å²) >= 11 is 0. The maximum Gasteiger partial charge on any atom is 0.396 e. The number of aliphatic carboxylic acids is 1. The second-order valence-corrected chi connectivity index (χ2v) is 4.73. The van der Waals surface area contributed by atoms with E-state index in [0.29, 0.717) is 0 Å². The van der Waals surface area contributed by atoms with Gasteiger partial charge in [-0.3, -0.25) is 4.55 Å². The number of carbonyl (C=O) groups is 1. The number of allylic oxidation sites excluding steroid dienone is 1. The summed E-state index contributed by atoms with van der Waals surface area (Å²) in [6.45, 7) is 1.28. The molecule has 0 saturated heterocycles. The first kappa shape index (κ1) is 15.0. The van der Waals surface area contributed by atoms with E-state index in [2.05, 4.69) is 9.63 Å². The van der Waals surface area contributed by atoms with Crippen LogP contribution in [0.15, 0.2) is 51.2 Å². The maximum absolute atomic E-state index is 10.9. The molecule has 0 atom stereocenters.